The number of fused-ring (bicyclic) bond motifs is 1. The molecule has 0 fully saturated rings. The number of amides is 1. The van der Waals surface area contributed by atoms with Gasteiger partial charge in [-0.05, 0) is 25.3 Å². The first-order valence-electron chi connectivity index (χ1n) is 9.54. The van der Waals surface area contributed by atoms with E-state index in [0.29, 0.717) is 23.9 Å². The van der Waals surface area contributed by atoms with Gasteiger partial charge in [0, 0.05) is 18.5 Å². The van der Waals surface area contributed by atoms with Gasteiger partial charge in [-0.1, -0.05) is 51.8 Å². The zero-order valence-corrected chi connectivity index (χ0v) is 17.3. The summed E-state index contributed by atoms with van der Waals surface area (Å²) in [6.07, 6.45) is 4.41. The van der Waals surface area contributed by atoms with Gasteiger partial charge >= 0.3 is 0 Å². The van der Waals surface area contributed by atoms with Crippen molar-refractivity contribution in [3.05, 3.63) is 40.3 Å². The first kappa shape index (κ1) is 23.1. The van der Waals surface area contributed by atoms with Crippen LogP contribution in [0.15, 0.2) is 29.1 Å². The molecule has 0 aliphatic carbocycles. The highest BCUT2D eigenvalue weighted by atomic mass is 35.5. The number of aromatic nitrogens is 2. The Labute approximate surface area is 166 Å². The minimum Gasteiger partial charge on any atom is -0.344 e. The minimum absolute atomic E-state index is 0. The number of benzene rings is 1. The van der Waals surface area contributed by atoms with Crippen LogP contribution in [0.3, 0.4) is 0 Å². The lowest BCUT2D eigenvalue weighted by molar-refractivity contribution is 0.0889. The van der Waals surface area contributed by atoms with E-state index in [4.69, 9.17) is 5.73 Å². The number of halogens is 1. The summed E-state index contributed by atoms with van der Waals surface area (Å²) in [5.74, 6) is -0.278. The third kappa shape index (κ3) is 5.08. The molecule has 0 bridgehead atoms. The van der Waals surface area contributed by atoms with Gasteiger partial charge in [-0.15, -0.1) is 12.4 Å². The highest BCUT2D eigenvalue weighted by Gasteiger charge is 2.28. The Hall–Kier alpha value is -1.92. The predicted molar refractivity (Wildman–Crippen MR) is 113 cm³/mol. The Morgan fingerprint density at radius 2 is 1.78 bits per heavy atom. The molecular weight excluding hydrogens is 364 g/mol. The van der Waals surface area contributed by atoms with Gasteiger partial charge in [0.05, 0.1) is 10.9 Å². The fourth-order valence-electron chi connectivity index (χ4n) is 3.13. The molecule has 0 aliphatic rings. The summed E-state index contributed by atoms with van der Waals surface area (Å²) in [5.41, 5.74) is 5.60. The SMILES string of the molecule is CCCCCn1nc(C(=O)NC(CC)(CC)CN)c2ccccc2c1=O.Cl. The molecule has 0 aliphatic heterocycles. The molecule has 2 aromatic rings. The van der Waals surface area contributed by atoms with Gasteiger partial charge in [0.1, 0.15) is 0 Å². The van der Waals surface area contributed by atoms with Crippen molar-refractivity contribution in [1.29, 1.82) is 0 Å². The zero-order chi connectivity index (χ0) is 19.2. The van der Waals surface area contributed by atoms with Crippen LogP contribution in [0, 0.1) is 0 Å². The maximum absolute atomic E-state index is 13.0. The Kier molecular flexibility index (Phi) is 8.93. The minimum atomic E-state index is -0.455. The molecule has 7 heteroatoms. The number of hydrogen-bond donors (Lipinski definition) is 2. The largest absolute Gasteiger partial charge is 0.344 e. The van der Waals surface area contributed by atoms with E-state index < -0.39 is 5.54 Å². The molecule has 0 radical (unpaired) electrons. The van der Waals surface area contributed by atoms with Crippen molar-refractivity contribution in [2.24, 2.45) is 5.73 Å². The Balaban J connectivity index is 0.00000364. The Morgan fingerprint density at radius 1 is 1.15 bits per heavy atom. The van der Waals surface area contributed by atoms with Crippen molar-refractivity contribution < 1.29 is 4.79 Å². The molecule has 0 unspecified atom stereocenters. The van der Waals surface area contributed by atoms with Crippen LogP contribution in [0.1, 0.15) is 63.4 Å². The standard InChI is InChI=1S/C20H30N4O2.ClH/c1-4-7-10-13-24-19(26)16-12-9-8-11-15(16)17(23-24)18(25)22-20(5-2,6-3)14-21;/h8-9,11-12H,4-7,10,13-14,21H2,1-3H3,(H,22,25);1H. The average Bonchev–Trinajstić information content (AvgIpc) is 2.68. The molecular formula is C20H31ClN4O2. The van der Waals surface area contributed by atoms with Gasteiger partial charge in [-0.25, -0.2) is 4.68 Å². The van der Waals surface area contributed by atoms with Gasteiger partial charge in [0.25, 0.3) is 11.5 Å². The smallest absolute Gasteiger partial charge is 0.274 e. The van der Waals surface area contributed by atoms with Crippen LogP contribution in [-0.4, -0.2) is 27.8 Å². The highest BCUT2D eigenvalue weighted by molar-refractivity contribution is 6.05. The van der Waals surface area contributed by atoms with E-state index in [9.17, 15) is 9.59 Å². The number of nitrogens with two attached hydrogens (primary N) is 1. The molecule has 1 amide bonds. The molecule has 1 aromatic heterocycles. The van der Waals surface area contributed by atoms with E-state index in [2.05, 4.69) is 17.3 Å². The first-order chi connectivity index (χ1) is 12.5. The molecule has 0 saturated heterocycles. The third-order valence-corrected chi connectivity index (χ3v) is 5.18. The Morgan fingerprint density at radius 3 is 2.33 bits per heavy atom. The number of carbonyl (C=O) groups excluding carboxylic acids is 1. The fraction of sp³-hybridized carbons (Fsp3) is 0.550. The van der Waals surface area contributed by atoms with Gasteiger partial charge in [0.15, 0.2) is 5.69 Å². The summed E-state index contributed by atoms with van der Waals surface area (Å²) in [7, 11) is 0. The lowest BCUT2D eigenvalue weighted by Gasteiger charge is -2.31. The maximum Gasteiger partial charge on any atom is 0.274 e. The number of nitrogens with zero attached hydrogens (tertiary/aromatic N) is 2. The van der Waals surface area contributed by atoms with Crippen LogP contribution in [0.25, 0.3) is 10.8 Å². The summed E-state index contributed by atoms with van der Waals surface area (Å²) < 4.78 is 1.43. The van der Waals surface area contributed by atoms with Crippen LogP contribution >= 0.6 is 12.4 Å². The van der Waals surface area contributed by atoms with Crippen molar-refractivity contribution in [2.45, 2.75) is 65.0 Å². The van der Waals surface area contributed by atoms with Crippen molar-refractivity contribution in [2.75, 3.05) is 6.54 Å². The summed E-state index contributed by atoms with van der Waals surface area (Å²) in [6, 6.07) is 7.15. The maximum atomic E-state index is 13.0. The summed E-state index contributed by atoms with van der Waals surface area (Å²) in [5, 5.41) is 8.58. The molecule has 0 saturated carbocycles. The van der Waals surface area contributed by atoms with Crippen LogP contribution in [0.4, 0.5) is 0 Å². The monoisotopic (exact) mass is 394 g/mol. The van der Waals surface area contributed by atoms with Crippen molar-refractivity contribution in [3.8, 4) is 0 Å². The molecule has 0 atom stereocenters. The molecule has 6 nitrogen and oxygen atoms in total. The summed E-state index contributed by atoms with van der Waals surface area (Å²) in [6.45, 7) is 7.00. The topological polar surface area (TPSA) is 90.0 Å². The van der Waals surface area contributed by atoms with E-state index in [1.807, 2.05) is 26.0 Å². The molecule has 3 N–H and O–H groups in total. The predicted octanol–water partition coefficient (Wildman–Crippen LogP) is 3.26. The van der Waals surface area contributed by atoms with Crippen LogP contribution < -0.4 is 16.6 Å². The zero-order valence-electron chi connectivity index (χ0n) is 16.5. The number of nitrogens with one attached hydrogen (secondary N) is 1. The van der Waals surface area contributed by atoms with Gasteiger partial charge in [-0.3, -0.25) is 9.59 Å². The molecule has 27 heavy (non-hydrogen) atoms. The number of hydrogen-bond acceptors (Lipinski definition) is 4. The lowest BCUT2D eigenvalue weighted by atomic mass is 9.92. The number of carbonyl (C=O) groups is 1. The van der Waals surface area contributed by atoms with Gasteiger partial charge in [-0.2, -0.15) is 5.10 Å². The second kappa shape index (κ2) is 10.4. The summed E-state index contributed by atoms with van der Waals surface area (Å²) in [4.78, 5) is 25.7. The molecule has 1 aromatic carbocycles. The van der Waals surface area contributed by atoms with Crippen molar-refractivity contribution in [1.82, 2.24) is 15.1 Å². The van der Waals surface area contributed by atoms with Crippen LogP contribution in [0.2, 0.25) is 0 Å². The molecule has 150 valence electrons. The van der Waals surface area contributed by atoms with E-state index >= 15 is 0 Å². The van der Waals surface area contributed by atoms with E-state index in [-0.39, 0.29) is 29.6 Å². The van der Waals surface area contributed by atoms with Gasteiger partial charge < -0.3 is 11.1 Å². The fourth-order valence-corrected chi connectivity index (χ4v) is 3.13. The Bertz CT molecular complexity index is 807. The third-order valence-electron chi connectivity index (χ3n) is 5.18. The molecule has 1 heterocycles. The van der Waals surface area contributed by atoms with E-state index in [0.717, 1.165) is 32.1 Å². The van der Waals surface area contributed by atoms with Crippen molar-refractivity contribution >= 4 is 29.1 Å². The quantitative estimate of drug-likeness (QED) is 0.638. The van der Waals surface area contributed by atoms with Crippen LogP contribution in [0.5, 0.6) is 0 Å². The first-order valence-corrected chi connectivity index (χ1v) is 9.54. The highest BCUT2D eigenvalue weighted by Crippen LogP contribution is 2.18. The second-order valence-corrected chi connectivity index (χ2v) is 6.78. The number of rotatable bonds is 9. The molecule has 2 rings (SSSR count). The average molecular weight is 395 g/mol. The van der Waals surface area contributed by atoms with Crippen molar-refractivity contribution in [3.63, 3.8) is 0 Å². The number of aryl methyl sites for hydroxylation is 1. The van der Waals surface area contributed by atoms with Gasteiger partial charge in [0.2, 0.25) is 0 Å². The summed E-state index contributed by atoms with van der Waals surface area (Å²) >= 11 is 0. The normalized spacial score (nSPS) is 11.3. The van der Waals surface area contributed by atoms with Crippen LogP contribution in [-0.2, 0) is 6.54 Å². The lowest BCUT2D eigenvalue weighted by Crippen LogP contribution is -2.53. The second-order valence-electron chi connectivity index (χ2n) is 6.78. The molecule has 0 spiro atoms. The van der Waals surface area contributed by atoms with E-state index in [1.54, 1.807) is 12.1 Å². The van der Waals surface area contributed by atoms with E-state index in [1.165, 1.54) is 4.68 Å². The number of unbranched alkanes of at least 4 members (excludes halogenated alkanes) is 2.